The molecule has 0 heterocycles. The second kappa shape index (κ2) is 6.45. The quantitative estimate of drug-likeness (QED) is 0.663. The summed E-state index contributed by atoms with van der Waals surface area (Å²) < 4.78 is 64.1. The van der Waals surface area contributed by atoms with Crippen LogP contribution >= 0.6 is 0 Å². The van der Waals surface area contributed by atoms with Crippen molar-refractivity contribution in [1.29, 1.82) is 0 Å². The van der Waals surface area contributed by atoms with Crippen molar-refractivity contribution in [2.75, 3.05) is 6.54 Å². The normalized spacial score (nSPS) is 18.8. The maximum atomic E-state index is 12.5. The molecule has 1 N–H and O–H groups in total. The Morgan fingerprint density at radius 2 is 2.09 bits per heavy atom. The highest BCUT2D eigenvalue weighted by atomic mass is 32.2. The summed E-state index contributed by atoms with van der Waals surface area (Å²) in [5, 5.41) is 3.31. The molecule has 2 rings (SSSR count). The van der Waals surface area contributed by atoms with E-state index < -0.39 is 15.6 Å². The molecule has 0 amide bonds. The highest BCUT2D eigenvalue weighted by Crippen LogP contribution is 2.33. The summed E-state index contributed by atoms with van der Waals surface area (Å²) >= 11 is 0. The van der Waals surface area contributed by atoms with Crippen molar-refractivity contribution in [3.8, 4) is 5.75 Å². The van der Waals surface area contributed by atoms with Crippen molar-refractivity contribution < 1.29 is 25.8 Å². The minimum atomic E-state index is -5.64. The maximum Gasteiger partial charge on any atom is 0.534 e. The Bertz CT molecular complexity index is 629. The van der Waals surface area contributed by atoms with Crippen LogP contribution in [0, 0.1) is 0 Å². The van der Waals surface area contributed by atoms with Gasteiger partial charge in [-0.2, -0.15) is 21.6 Å². The van der Waals surface area contributed by atoms with Crippen molar-refractivity contribution in [1.82, 2.24) is 5.32 Å². The lowest BCUT2D eigenvalue weighted by atomic mass is 9.87. The summed E-state index contributed by atoms with van der Waals surface area (Å²) in [6, 6.07) is 4.69. The van der Waals surface area contributed by atoms with E-state index in [2.05, 4.69) is 9.50 Å². The van der Waals surface area contributed by atoms with Crippen LogP contribution in [-0.4, -0.2) is 26.5 Å². The van der Waals surface area contributed by atoms with Gasteiger partial charge in [-0.25, -0.2) is 0 Å². The minimum Gasteiger partial charge on any atom is -0.376 e. The van der Waals surface area contributed by atoms with E-state index in [1.54, 1.807) is 6.07 Å². The molecule has 4 nitrogen and oxygen atoms in total. The molecule has 1 aromatic carbocycles. The van der Waals surface area contributed by atoms with Gasteiger partial charge in [0.15, 0.2) is 0 Å². The van der Waals surface area contributed by atoms with Crippen molar-refractivity contribution in [3.05, 3.63) is 29.3 Å². The van der Waals surface area contributed by atoms with Crippen LogP contribution < -0.4 is 9.50 Å². The highest BCUT2D eigenvalue weighted by molar-refractivity contribution is 7.88. The number of halogens is 3. The highest BCUT2D eigenvalue weighted by Gasteiger charge is 2.49. The van der Waals surface area contributed by atoms with Gasteiger partial charge in [0.25, 0.3) is 0 Å². The lowest BCUT2D eigenvalue weighted by molar-refractivity contribution is -0.0500. The first-order valence-electron chi connectivity index (χ1n) is 7.09. The molecule has 0 fully saturated rings. The molecule has 1 atom stereocenters. The van der Waals surface area contributed by atoms with E-state index in [9.17, 15) is 21.6 Å². The van der Waals surface area contributed by atoms with Gasteiger partial charge < -0.3 is 9.50 Å². The number of hydrogen-bond donors (Lipinski definition) is 1. The van der Waals surface area contributed by atoms with Crippen LogP contribution in [0.2, 0.25) is 0 Å². The fraction of sp³-hybridized carbons (Fsp3) is 0.571. The second-order valence-corrected chi connectivity index (χ2v) is 6.81. The largest absolute Gasteiger partial charge is 0.534 e. The topological polar surface area (TPSA) is 55.4 Å². The molecule has 1 aromatic rings. The molecule has 0 bridgehead atoms. The summed E-state index contributed by atoms with van der Waals surface area (Å²) in [7, 11) is -5.64. The molecule has 0 spiro atoms. The standard InChI is InChI=1S/C14H18F3NO3S/c1-2-8-18-11-7-6-10-4-3-5-13(12(10)9-11)21-22(19,20)14(15,16)17/h3-5,11,18H,2,6-9H2,1H3/t11-/m1/s1. The average Bonchev–Trinajstić information content (AvgIpc) is 2.44. The summed E-state index contributed by atoms with van der Waals surface area (Å²) in [5.74, 6) is -0.224. The zero-order valence-electron chi connectivity index (χ0n) is 12.1. The number of fused-ring (bicyclic) bond motifs is 1. The average molecular weight is 337 g/mol. The van der Waals surface area contributed by atoms with E-state index in [0.717, 1.165) is 24.9 Å². The van der Waals surface area contributed by atoms with Crippen molar-refractivity contribution in [2.45, 2.75) is 44.2 Å². The van der Waals surface area contributed by atoms with Crippen LogP contribution in [0.1, 0.15) is 30.9 Å². The third kappa shape index (κ3) is 3.73. The Labute approximate surface area is 127 Å². The summed E-state index contributed by atoms with van der Waals surface area (Å²) in [5.41, 5.74) is -4.05. The Morgan fingerprint density at radius 3 is 2.73 bits per heavy atom. The number of alkyl halides is 3. The SMILES string of the molecule is CCCN[C@@H]1CCc2cccc(OS(=O)(=O)C(F)(F)F)c2C1. The van der Waals surface area contributed by atoms with Gasteiger partial charge in [0.2, 0.25) is 0 Å². The van der Waals surface area contributed by atoms with E-state index >= 15 is 0 Å². The van der Waals surface area contributed by atoms with Gasteiger partial charge in [-0.3, -0.25) is 0 Å². The van der Waals surface area contributed by atoms with Crippen molar-refractivity contribution >= 4 is 10.1 Å². The number of rotatable bonds is 5. The smallest absolute Gasteiger partial charge is 0.376 e. The van der Waals surface area contributed by atoms with Crippen molar-refractivity contribution in [3.63, 3.8) is 0 Å². The molecule has 0 aromatic heterocycles. The first-order chi connectivity index (χ1) is 10.2. The Morgan fingerprint density at radius 1 is 1.36 bits per heavy atom. The Kier molecular flexibility index (Phi) is 5.01. The molecule has 0 saturated carbocycles. The van der Waals surface area contributed by atoms with Gasteiger partial charge >= 0.3 is 15.6 Å². The van der Waals surface area contributed by atoms with Gasteiger partial charge in [0, 0.05) is 11.6 Å². The minimum absolute atomic E-state index is 0.116. The summed E-state index contributed by atoms with van der Waals surface area (Å²) in [6.45, 7) is 2.83. The lowest BCUT2D eigenvalue weighted by Crippen LogP contribution is -2.35. The maximum absolute atomic E-state index is 12.5. The van der Waals surface area contributed by atoms with Gasteiger partial charge in [0.1, 0.15) is 5.75 Å². The number of nitrogens with one attached hydrogen (secondary N) is 1. The third-order valence-corrected chi connectivity index (χ3v) is 4.57. The lowest BCUT2D eigenvalue weighted by Gasteiger charge is -2.27. The molecular formula is C14H18F3NO3S. The fourth-order valence-electron chi connectivity index (χ4n) is 2.52. The predicted molar refractivity (Wildman–Crippen MR) is 76.2 cm³/mol. The van der Waals surface area contributed by atoms with Gasteiger partial charge in [-0.1, -0.05) is 19.1 Å². The van der Waals surface area contributed by atoms with Gasteiger partial charge in [0.05, 0.1) is 0 Å². The zero-order chi connectivity index (χ0) is 16.4. The van der Waals surface area contributed by atoms with Crippen LogP contribution in [0.5, 0.6) is 5.75 Å². The summed E-state index contributed by atoms with van der Waals surface area (Å²) in [6.07, 6.45) is 2.95. The van der Waals surface area contributed by atoms with Crippen LogP contribution in [0.3, 0.4) is 0 Å². The molecule has 124 valence electrons. The van der Waals surface area contributed by atoms with E-state index in [1.165, 1.54) is 12.1 Å². The molecule has 1 aliphatic rings. The van der Waals surface area contributed by atoms with Crippen LogP contribution in [-0.2, 0) is 23.0 Å². The van der Waals surface area contributed by atoms with Crippen LogP contribution in [0.25, 0.3) is 0 Å². The van der Waals surface area contributed by atoms with Crippen LogP contribution in [0.4, 0.5) is 13.2 Å². The first kappa shape index (κ1) is 17.1. The Hall–Kier alpha value is -1.28. The molecule has 22 heavy (non-hydrogen) atoms. The molecule has 0 radical (unpaired) electrons. The number of benzene rings is 1. The predicted octanol–water partition coefficient (Wildman–Crippen LogP) is 2.77. The van der Waals surface area contributed by atoms with Gasteiger partial charge in [-0.05, 0) is 43.9 Å². The van der Waals surface area contributed by atoms with Gasteiger partial charge in [-0.15, -0.1) is 0 Å². The molecule has 0 saturated heterocycles. The second-order valence-electron chi connectivity index (χ2n) is 5.27. The molecule has 1 aliphatic carbocycles. The Balaban J connectivity index is 2.25. The molecule has 0 aliphatic heterocycles. The zero-order valence-corrected chi connectivity index (χ0v) is 12.9. The van der Waals surface area contributed by atoms with E-state index in [-0.39, 0.29) is 11.8 Å². The van der Waals surface area contributed by atoms with E-state index in [4.69, 9.17) is 0 Å². The molecular weight excluding hydrogens is 319 g/mol. The van der Waals surface area contributed by atoms with Crippen LogP contribution in [0.15, 0.2) is 18.2 Å². The number of hydrogen-bond acceptors (Lipinski definition) is 4. The van der Waals surface area contributed by atoms with E-state index in [0.29, 0.717) is 18.4 Å². The molecule has 8 heteroatoms. The molecule has 0 unspecified atom stereocenters. The fourth-order valence-corrected chi connectivity index (χ4v) is 3.01. The summed E-state index contributed by atoms with van der Waals surface area (Å²) in [4.78, 5) is 0. The third-order valence-electron chi connectivity index (χ3n) is 3.61. The number of aryl methyl sites for hydroxylation is 1. The van der Waals surface area contributed by atoms with E-state index in [1.807, 2.05) is 6.92 Å². The first-order valence-corrected chi connectivity index (χ1v) is 8.50. The monoisotopic (exact) mass is 337 g/mol. The van der Waals surface area contributed by atoms with Crippen molar-refractivity contribution in [2.24, 2.45) is 0 Å².